The molecule has 0 bridgehead atoms. The van der Waals surface area contributed by atoms with Crippen molar-refractivity contribution in [2.75, 3.05) is 11.1 Å². The van der Waals surface area contributed by atoms with Crippen LogP contribution in [0.25, 0.3) is 10.9 Å². The molecule has 0 fully saturated rings. The monoisotopic (exact) mass is 298 g/mol. The van der Waals surface area contributed by atoms with Crippen LogP contribution in [-0.2, 0) is 0 Å². The Kier molecular flexibility index (Phi) is 3.41. The fourth-order valence-electron chi connectivity index (χ4n) is 2.05. The predicted octanol–water partition coefficient (Wildman–Crippen LogP) is 3.12. The molecule has 5 nitrogen and oxygen atoms in total. The molecule has 3 N–H and O–H groups in total. The molecule has 0 atom stereocenters. The van der Waals surface area contributed by atoms with Crippen LogP contribution in [0.1, 0.15) is 10.4 Å². The molecule has 0 saturated carbocycles. The van der Waals surface area contributed by atoms with Gasteiger partial charge in [-0.2, -0.15) is 0 Å². The van der Waals surface area contributed by atoms with Crippen molar-refractivity contribution in [1.82, 2.24) is 9.97 Å². The van der Waals surface area contributed by atoms with E-state index in [4.69, 9.17) is 17.3 Å². The van der Waals surface area contributed by atoms with Gasteiger partial charge >= 0.3 is 0 Å². The number of fused-ring (bicyclic) bond motifs is 1. The number of nitrogens with zero attached hydrogens (tertiary/aromatic N) is 2. The molecular formula is C15H11ClN4O. The second-order valence-corrected chi connectivity index (χ2v) is 4.83. The minimum atomic E-state index is -0.316. The van der Waals surface area contributed by atoms with E-state index in [0.29, 0.717) is 11.3 Å². The van der Waals surface area contributed by atoms with E-state index < -0.39 is 0 Å². The summed E-state index contributed by atoms with van der Waals surface area (Å²) in [7, 11) is 0. The Hall–Kier alpha value is -2.66. The maximum absolute atomic E-state index is 12.3. The fraction of sp³-hybridized carbons (Fsp3) is 0. The second kappa shape index (κ2) is 5.38. The van der Waals surface area contributed by atoms with Crippen molar-refractivity contribution in [3.63, 3.8) is 0 Å². The number of halogens is 1. The topological polar surface area (TPSA) is 80.9 Å². The van der Waals surface area contributed by atoms with Gasteiger partial charge in [0.2, 0.25) is 0 Å². The Balaban J connectivity index is 1.96. The van der Waals surface area contributed by atoms with E-state index in [1.54, 1.807) is 12.3 Å². The molecule has 0 aliphatic heterocycles. The fourth-order valence-corrected chi connectivity index (χ4v) is 2.26. The molecule has 1 amide bonds. The van der Waals surface area contributed by atoms with Crippen LogP contribution in [-0.4, -0.2) is 15.9 Å². The van der Waals surface area contributed by atoms with E-state index in [9.17, 15) is 4.79 Å². The first-order valence-electron chi connectivity index (χ1n) is 6.21. The van der Waals surface area contributed by atoms with Gasteiger partial charge in [0, 0.05) is 17.1 Å². The maximum atomic E-state index is 12.3. The summed E-state index contributed by atoms with van der Waals surface area (Å²) in [5.41, 5.74) is 7.29. The molecule has 0 radical (unpaired) electrons. The quantitative estimate of drug-likeness (QED) is 0.712. The Morgan fingerprint density at radius 1 is 1.19 bits per heavy atom. The van der Waals surface area contributed by atoms with Crippen LogP contribution < -0.4 is 11.1 Å². The Labute approximate surface area is 125 Å². The number of anilines is 2. The van der Waals surface area contributed by atoms with E-state index in [0.717, 1.165) is 10.9 Å². The molecule has 0 unspecified atom stereocenters. The summed E-state index contributed by atoms with van der Waals surface area (Å²) < 4.78 is 0. The molecule has 1 aromatic carbocycles. The highest BCUT2D eigenvalue weighted by molar-refractivity contribution is 6.30. The maximum Gasteiger partial charge on any atom is 0.255 e. The predicted molar refractivity (Wildman–Crippen MR) is 83.4 cm³/mol. The number of amides is 1. The smallest absolute Gasteiger partial charge is 0.255 e. The molecule has 0 spiro atoms. The second-order valence-electron chi connectivity index (χ2n) is 4.44. The van der Waals surface area contributed by atoms with Crippen LogP contribution in [0.4, 0.5) is 11.5 Å². The molecule has 2 heterocycles. The van der Waals surface area contributed by atoms with Crippen LogP contribution >= 0.6 is 11.6 Å². The summed E-state index contributed by atoms with van der Waals surface area (Å²) in [6.45, 7) is 0. The van der Waals surface area contributed by atoms with E-state index in [1.165, 1.54) is 12.1 Å². The highest BCUT2D eigenvalue weighted by Crippen LogP contribution is 2.22. The third-order valence-electron chi connectivity index (χ3n) is 2.96. The zero-order chi connectivity index (χ0) is 14.8. The number of carbonyl (C=O) groups is 1. The minimum absolute atomic E-state index is 0.177. The summed E-state index contributed by atoms with van der Waals surface area (Å²) in [5.74, 6) is -0.118. The van der Waals surface area contributed by atoms with Crippen molar-refractivity contribution >= 4 is 39.9 Å². The number of nitrogens with two attached hydrogens (primary N) is 1. The van der Waals surface area contributed by atoms with Crippen molar-refractivity contribution in [3.8, 4) is 0 Å². The average Bonchev–Trinajstić information content (AvgIpc) is 2.46. The number of rotatable bonds is 2. The van der Waals surface area contributed by atoms with Crippen LogP contribution in [0, 0.1) is 0 Å². The molecule has 2 aromatic heterocycles. The number of nitrogens with one attached hydrogen (secondary N) is 1. The lowest BCUT2D eigenvalue weighted by atomic mass is 10.2. The number of pyridine rings is 2. The molecular weight excluding hydrogens is 288 g/mol. The van der Waals surface area contributed by atoms with Gasteiger partial charge in [-0.25, -0.2) is 4.98 Å². The van der Waals surface area contributed by atoms with Gasteiger partial charge in [-0.3, -0.25) is 9.78 Å². The lowest BCUT2D eigenvalue weighted by molar-refractivity contribution is 0.102. The zero-order valence-corrected chi connectivity index (χ0v) is 11.6. The number of carbonyl (C=O) groups excluding carboxylic acids is 1. The van der Waals surface area contributed by atoms with Gasteiger partial charge < -0.3 is 11.1 Å². The van der Waals surface area contributed by atoms with Crippen LogP contribution in [0.2, 0.25) is 5.15 Å². The summed E-state index contributed by atoms with van der Waals surface area (Å²) in [4.78, 5) is 20.4. The number of nitrogen functional groups attached to an aromatic ring is 1. The van der Waals surface area contributed by atoms with E-state index >= 15 is 0 Å². The van der Waals surface area contributed by atoms with Gasteiger partial charge in [0.05, 0.1) is 11.2 Å². The normalized spacial score (nSPS) is 10.5. The van der Waals surface area contributed by atoms with Crippen molar-refractivity contribution in [2.45, 2.75) is 0 Å². The third-order valence-corrected chi connectivity index (χ3v) is 3.15. The summed E-state index contributed by atoms with van der Waals surface area (Å²) in [6, 6.07) is 12.3. The molecule has 104 valence electrons. The summed E-state index contributed by atoms with van der Waals surface area (Å²) in [6.07, 6.45) is 1.68. The number of hydrogen-bond donors (Lipinski definition) is 2. The molecule has 0 aliphatic carbocycles. The number of benzene rings is 1. The first-order chi connectivity index (χ1) is 10.1. The molecule has 0 aliphatic rings. The van der Waals surface area contributed by atoms with Gasteiger partial charge in [0.15, 0.2) is 0 Å². The third kappa shape index (κ3) is 2.78. The Bertz CT molecular complexity index is 809. The number of para-hydroxylation sites is 1. The highest BCUT2D eigenvalue weighted by Gasteiger charge is 2.10. The zero-order valence-electron chi connectivity index (χ0n) is 10.9. The summed E-state index contributed by atoms with van der Waals surface area (Å²) >= 11 is 5.81. The molecule has 21 heavy (non-hydrogen) atoms. The van der Waals surface area contributed by atoms with Gasteiger partial charge in [0.25, 0.3) is 5.91 Å². The van der Waals surface area contributed by atoms with Crippen LogP contribution in [0.5, 0.6) is 0 Å². The Morgan fingerprint density at radius 2 is 2.00 bits per heavy atom. The summed E-state index contributed by atoms with van der Waals surface area (Å²) in [5, 5.41) is 3.94. The molecule has 3 aromatic rings. The number of aromatic nitrogens is 2. The van der Waals surface area contributed by atoms with Crippen molar-refractivity contribution in [2.24, 2.45) is 0 Å². The van der Waals surface area contributed by atoms with Crippen LogP contribution in [0.15, 0.2) is 48.7 Å². The van der Waals surface area contributed by atoms with Crippen molar-refractivity contribution < 1.29 is 4.79 Å². The van der Waals surface area contributed by atoms with Crippen molar-refractivity contribution in [1.29, 1.82) is 0 Å². The average molecular weight is 299 g/mol. The van der Waals surface area contributed by atoms with Crippen LogP contribution in [0.3, 0.4) is 0 Å². The highest BCUT2D eigenvalue weighted by atomic mass is 35.5. The Morgan fingerprint density at radius 3 is 2.81 bits per heavy atom. The lowest BCUT2D eigenvalue weighted by Gasteiger charge is -2.08. The molecule has 3 rings (SSSR count). The SMILES string of the molecule is Nc1cc(C(=O)Nc2cccc3cccnc23)cc(Cl)n1. The first kappa shape index (κ1) is 13.3. The van der Waals surface area contributed by atoms with Gasteiger partial charge in [-0.05, 0) is 24.3 Å². The largest absolute Gasteiger partial charge is 0.384 e. The number of hydrogen-bond acceptors (Lipinski definition) is 4. The van der Waals surface area contributed by atoms with Gasteiger partial charge in [-0.1, -0.05) is 29.8 Å². The molecule has 6 heteroatoms. The lowest BCUT2D eigenvalue weighted by Crippen LogP contribution is -2.13. The van der Waals surface area contributed by atoms with Gasteiger partial charge in [0.1, 0.15) is 11.0 Å². The minimum Gasteiger partial charge on any atom is -0.384 e. The molecule has 0 saturated heterocycles. The van der Waals surface area contributed by atoms with E-state index in [-0.39, 0.29) is 16.9 Å². The first-order valence-corrected chi connectivity index (χ1v) is 6.59. The van der Waals surface area contributed by atoms with E-state index in [1.807, 2.05) is 24.3 Å². The van der Waals surface area contributed by atoms with Crippen molar-refractivity contribution in [3.05, 3.63) is 59.4 Å². The van der Waals surface area contributed by atoms with E-state index in [2.05, 4.69) is 15.3 Å². The van der Waals surface area contributed by atoms with Gasteiger partial charge in [-0.15, -0.1) is 0 Å². The standard InChI is InChI=1S/C15H11ClN4O/c16-12-7-10(8-13(17)20-12)15(21)19-11-5-1-3-9-4-2-6-18-14(9)11/h1-8H,(H2,17,20)(H,19,21).